The van der Waals surface area contributed by atoms with Gasteiger partial charge in [0.1, 0.15) is 0 Å². The number of benzene rings is 2. The molecule has 0 aliphatic carbocycles. The predicted molar refractivity (Wildman–Crippen MR) is 266 cm³/mol. The monoisotopic (exact) mass is 1020 g/mol. The van der Waals surface area contributed by atoms with Gasteiger partial charge in [0, 0.05) is 11.1 Å². The normalized spacial score (nSPS) is 28.0. The zero-order valence-corrected chi connectivity index (χ0v) is 51.8. The van der Waals surface area contributed by atoms with E-state index in [0.29, 0.717) is 6.04 Å². The van der Waals surface area contributed by atoms with Crippen LogP contribution in [0, 0.1) is 0 Å². The Hall–Kier alpha value is 0.603. The first kappa shape index (κ1) is 52.2. The zero-order valence-electron chi connectivity index (χ0n) is 39.8. The SMILES string of the molecule is C[Si]1O[Si](C)(C)O[Si](C)(C)O[Si](C)(C(C[Si](C)(C)O[Si](C)(C)O[Si](C)(CC(c2ccccc2)[Si]2(C)O[Si](C)O[Si](C)(C)O[Si](C)(C)O2)O[Si](C)(C)C)c2ccccc2)O1. The molecule has 0 spiro atoms. The van der Waals surface area contributed by atoms with Gasteiger partial charge in [-0.3, -0.25) is 0 Å². The van der Waals surface area contributed by atoms with Crippen molar-refractivity contribution < 1.29 is 45.3 Å². The van der Waals surface area contributed by atoms with Crippen LogP contribution in [-0.2, 0) is 45.3 Å². The maximum absolute atomic E-state index is 7.56. The molecule has 0 amide bonds. The highest BCUT2D eigenvalue weighted by Gasteiger charge is 2.58. The van der Waals surface area contributed by atoms with Gasteiger partial charge in [-0.05, 0) is 154 Å². The van der Waals surface area contributed by atoms with E-state index < -0.39 is 104 Å². The fourth-order valence-electron chi connectivity index (χ4n) is 9.32. The molecule has 2 saturated heterocycles. The fraction of sp³-hybridized carbons (Fsp3) is 0.667. The van der Waals surface area contributed by atoms with Crippen molar-refractivity contribution in [2.24, 2.45) is 0 Å². The van der Waals surface area contributed by atoms with Gasteiger partial charge in [0.25, 0.3) is 0 Å². The third-order valence-corrected chi connectivity index (χ3v) is 55.6. The summed E-state index contributed by atoms with van der Waals surface area (Å²) in [5, 5.41) is 0. The average Bonchev–Trinajstić information content (AvgIpc) is 2.97. The van der Waals surface area contributed by atoms with Gasteiger partial charge in [0.15, 0.2) is 16.6 Å². The topological polar surface area (TPSA) is 102 Å². The van der Waals surface area contributed by atoms with E-state index >= 15 is 0 Å². The number of hydrogen-bond donors (Lipinski definition) is 0. The Morgan fingerprint density at radius 1 is 0.475 bits per heavy atom. The molecular weight excluding hydrogens is 945 g/mol. The van der Waals surface area contributed by atoms with E-state index in [-0.39, 0.29) is 11.1 Å². The highest BCUT2D eigenvalue weighted by molar-refractivity contribution is 6.94. The molecular formula is C36H76O11Si12. The molecule has 2 aromatic rings. The summed E-state index contributed by atoms with van der Waals surface area (Å²) in [5.74, 6) is 0. The highest BCUT2D eigenvalue weighted by atomic mass is 28.5. The highest BCUT2D eigenvalue weighted by Crippen LogP contribution is 2.44. The molecule has 11 nitrogen and oxygen atoms in total. The minimum absolute atomic E-state index is 0.00380. The van der Waals surface area contributed by atoms with Crippen LogP contribution in [0.5, 0.6) is 0 Å². The Bertz CT molecular complexity index is 1690. The van der Waals surface area contributed by atoms with E-state index in [9.17, 15) is 0 Å². The maximum Gasteiger partial charge on any atom is 0.362 e. The Morgan fingerprint density at radius 2 is 0.847 bits per heavy atom. The van der Waals surface area contributed by atoms with Crippen molar-refractivity contribution in [2.45, 2.75) is 154 Å². The van der Waals surface area contributed by atoms with E-state index in [0.717, 1.165) is 6.04 Å². The van der Waals surface area contributed by atoms with Crippen LogP contribution in [0.25, 0.3) is 0 Å². The second kappa shape index (κ2) is 18.8. The first-order valence-electron chi connectivity index (χ1n) is 21.0. The molecule has 0 bridgehead atoms. The summed E-state index contributed by atoms with van der Waals surface area (Å²) in [7, 11) is -30.1. The number of hydrogen-bond acceptors (Lipinski definition) is 11. The van der Waals surface area contributed by atoms with Crippen molar-refractivity contribution in [2.75, 3.05) is 0 Å². The second-order valence-electron chi connectivity index (χ2n) is 20.5. The summed E-state index contributed by atoms with van der Waals surface area (Å²) >= 11 is 0. The Labute approximate surface area is 372 Å². The lowest BCUT2D eigenvalue weighted by Crippen LogP contribution is -2.65. The molecule has 23 heteroatoms. The van der Waals surface area contributed by atoms with Crippen LogP contribution in [0.2, 0.25) is 143 Å². The standard InChI is InChI=1S/C36H76O11Si12/c1-48-37-52(8,9)43-55(14,15)46-58(19,39-48)35(33-27-23-21-24-28-33)31-51(6,7)42-54(12,13)45-57(18,41-50(3,4)5)32-36(34-29-25-22-26-30-34)59(20)40-49(2)38-53(10,11)44-56(16,17)47-59/h21-30,35-36H,31-32H2,1-20H3. The Kier molecular flexibility index (Phi) is 16.7. The van der Waals surface area contributed by atoms with Crippen LogP contribution in [0.15, 0.2) is 60.7 Å². The quantitative estimate of drug-likeness (QED) is 0.169. The molecule has 2 aliphatic heterocycles. The molecule has 0 saturated carbocycles. The summed E-state index contributed by atoms with van der Waals surface area (Å²) in [6.45, 7) is 43.5. The molecule has 59 heavy (non-hydrogen) atoms. The molecule has 5 atom stereocenters. The third kappa shape index (κ3) is 15.9. The summed E-state index contributed by atoms with van der Waals surface area (Å²) < 4.78 is 77.7. The molecule has 334 valence electrons. The lowest BCUT2D eigenvalue weighted by atomic mass is 10.2. The molecule has 2 aliphatic rings. The molecule has 0 aromatic heterocycles. The summed E-state index contributed by atoms with van der Waals surface area (Å²) in [4.78, 5) is 0. The van der Waals surface area contributed by atoms with Crippen LogP contribution >= 0.6 is 0 Å². The van der Waals surface area contributed by atoms with Crippen molar-refractivity contribution in [1.29, 1.82) is 0 Å². The molecule has 2 aromatic carbocycles. The second-order valence-corrected chi connectivity index (χ2v) is 61.7. The van der Waals surface area contributed by atoms with Gasteiger partial charge in [-0.1, -0.05) is 60.7 Å². The first-order chi connectivity index (χ1) is 26.6. The van der Waals surface area contributed by atoms with Gasteiger partial charge in [0.05, 0.1) is 0 Å². The minimum Gasteiger partial charge on any atom is -0.437 e. The molecule has 4 rings (SSSR count). The van der Waals surface area contributed by atoms with Crippen LogP contribution in [0.1, 0.15) is 22.2 Å². The van der Waals surface area contributed by atoms with E-state index in [1.165, 1.54) is 11.1 Å². The lowest BCUT2D eigenvalue weighted by Gasteiger charge is -2.49. The van der Waals surface area contributed by atoms with Crippen LogP contribution in [-0.4, -0.2) is 104 Å². The summed E-state index contributed by atoms with van der Waals surface area (Å²) in [5.41, 5.74) is 2.27. The largest absolute Gasteiger partial charge is 0.437 e. The van der Waals surface area contributed by atoms with Crippen molar-refractivity contribution in [3.8, 4) is 0 Å². The van der Waals surface area contributed by atoms with E-state index in [4.69, 9.17) is 45.3 Å². The molecule has 2 radical (unpaired) electrons. The zero-order chi connectivity index (χ0) is 44.7. The smallest absolute Gasteiger partial charge is 0.362 e. The Balaban J connectivity index is 1.72. The van der Waals surface area contributed by atoms with E-state index in [2.05, 4.69) is 192 Å². The van der Waals surface area contributed by atoms with Crippen LogP contribution < -0.4 is 0 Å². The molecule has 2 heterocycles. The van der Waals surface area contributed by atoms with E-state index in [1.807, 2.05) is 0 Å². The summed E-state index contributed by atoms with van der Waals surface area (Å²) in [6, 6.07) is 22.8. The Morgan fingerprint density at radius 3 is 1.22 bits per heavy atom. The van der Waals surface area contributed by atoms with Gasteiger partial charge in [-0.2, -0.15) is 0 Å². The van der Waals surface area contributed by atoms with Gasteiger partial charge in [-0.15, -0.1) is 0 Å². The molecule has 0 N–H and O–H groups in total. The maximum atomic E-state index is 7.56. The van der Waals surface area contributed by atoms with Crippen LogP contribution in [0.4, 0.5) is 0 Å². The van der Waals surface area contributed by atoms with E-state index in [1.54, 1.807) is 0 Å². The molecule has 2 fully saturated rings. The number of rotatable bonds is 14. The minimum atomic E-state index is -3.06. The van der Waals surface area contributed by atoms with Crippen LogP contribution in [0.3, 0.4) is 0 Å². The fourth-order valence-corrected chi connectivity index (χ4v) is 69.4. The lowest BCUT2D eigenvalue weighted by molar-refractivity contribution is 0.238. The average molecular weight is 1020 g/mol. The van der Waals surface area contributed by atoms with Gasteiger partial charge in [-0.25, -0.2) is 0 Å². The molecule has 5 unspecified atom stereocenters. The van der Waals surface area contributed by atoms with Crippen molar-refractivity contribution in [1.82, 2.24) is 0 Å². The third-order valence-electron chi connectivity index (χ3n) is 9.80. The van der Waals surface area contributed by atoms with Gasteiger partial charge >= 0.3 is 87.1 Å². The van der Waals surface area contributed by atoms with Crippen molar-refractivity contribution >= 4 is 104 Å². The first-order valence-corrected chi connectivity index (χ1v) is 52.5. The van der Waals surface area contributed by atoms with Crippen molar-refractivity contribution in [3.05, 3.63) is 71.8 Å². The van der Waals surface area contributed by atoms with Gasteiger partial charge < -0.3 is 45.3 Å². The summed E-state index contributed by atoms with van der Waals surface area (Å²) in [6.07, 6.45) is 0. The predicted octanol–water partition coefficient (Wildman–Crippen LogP) is 10.8. The van der Waals surface area contributed by atoms with Crippen molar-refractivity contribution in [3.63, 3.8) is 0 Å². The van der Waals surface area contributed by atoms with Gasteiger partial charge in [0.2, 0.25) is 0 Å².